The minimum Gasteiger partial charge on any atom is -0.348 e. The summed E-state index contributed by atoms with van der Waals surface area (Å²) >= 11 is 0. The average molecular weight is 343 g/mol. The van der Waals surface area contributed by atoms with Crippen LogP contribution in [0, 0.1) is 11.7 Å². The molecule has 132 valence electrons. The molecule has 5 nitrogen and oxygen atoms in total. The van der Waals surface area contributed by atoms with Crippen LogP contribution in [0.5, 0.6) is 0 Å². The summed E-state index contributed by atoms with van der Waals surface area (Å²) in [6.45, 7) is 5.57. The minimum atomic E-state index is -0.693. The van der Waals surface area contributed by atoms with Crippen LogP contribution in [0.2, 0.25) is 0 Å². The van der Waals surface area contributed by atoms with Crippen LogP contribution in [-0.2, 0) is 4.79 Å². The number of carbonyl (C=O) groups is 2. The van der Waals surface area contributed by atoms with Gasteiger partial charge in [0.15, 0.2) is 0 Å². The molecule has 0 saturated carbocycles. The molecule has 0 aliphatic heterocycles. The van der Waals surface area contributed by atoms with Crippen molar-refractivity contribution in [1.82, 2.24) is 15.6 Å². The first-order valence-electron chi connectivity index (χ1n) is 8.15. The summed E-state index contributed by atoms with van der Waals surface area (Å²) in [4.78, 5) is 28.9. The lowest BCUT2D eigenvalue weighted by Crippen LogP contribution is -2.50. The Morgan fingerprint density at radius 3 is 2.12 bits per heavy atom. The molecule has 6 heteroatoms. The topological polar surface area (TPSA) is 71.1 Å². The van der Waals surface area contributed by atoms with E-state index in [1.54, 1.807) is 12.4 Å². The Bertz CT molecular complexity index is 717. The zero-order valence-electron chi connectivity index (χ0n) is 14.5. The summed E-state index contributed by atoms with van der Waals surface area (Å²) in [5.74, 6) is -1.20. The van der Waals surface area contributed by atoms with Gasteiger partial charge in [-0.1, -0.05) is 13.8 Å². The highest BCUT2D eigenvalue weighted by Gasteiger charge is 2.26. The second-order valence-electron chi connectivity index (χ2n) is 6.21. The molecule has 0 radical (unpaired) electrons. The highest BCUT2D eigenvalue weighted by molar-refractivity contribution is 5.97. The van der Waals surface area contributed by atoms with Crippen LogP contribution in [0.15, 0.2) is 48.8 Å². The Hall–Kier alpha value is -2.76. The number of halogens is 1. The van der Waals surface area contributed by atoms with E-state index in [0.717, 1.165) is 5.56 Å². The largest absolute Gasteiger partial charge is 0.348 e. The van der Waals surface area contributed by atoms with E-state index in [2.05, 4.69) is 15.6 Å². The summed E-state index contributed by atoms with van der Waals surface area (Å²) in [5, 5.41) is 5.63. The first-order valence-corrected chi connectivity index (χ1v) is 8.15. The van der Waals surface area contributed by atoms with Gasteiger partial charge in [-0.25, -0.2) is 4.39 Å². The van der Waals surface area contributed by atoms with E-state index in [-0.39, 0.29) is 17.9 Å². The molecule has 0 spiro atoms. The van der Waals surface area contributed by atoms with Gasteiger partial charge in [0, 0.05) is 18.0 Å². The van der Waals surface area contributed by atoms with E-state index in [0.29, 0.717) is 5.56 Å². The zero-order valence-corrected chi connectivity index (χ0v) is 14.5. The quantitative estimate of drug-likeness (QED) is 0.847. The summed E-state index contributed by atoms with van der Waals surface area (Å²) in [7, 11) is 0. The lowest BCUT2D eigenvalue weighted by Gasteiger charge is -2.24. The summed E-state index contributed by atoms with van der Waals surface area (Å²) in [6.07, 6.45) is 3.32. The molecule has 2 rings (SSSR count). The predicted octanol–water partition coefficient (Wildman–Crippen LogP) is 2.85. The minimum absolute atomic E-state index is 0.103. The number of hydrogen-bond donors (Lipinski definition) is 2. The predicted molar refractivity (Wildman–Crippen MR) is 93.3 cm³/mol. The maximum absolute atomic E-state index is 13.0. The first-order chi connectivity index (χ1) is 11.9. The molecule has 2 aromatic rings. The van der Waals surface area contributed by atoms with Crippen molar-refractivity contribution in [3.05, 3.63) is 65.7 Å². The van der Waals surface area contributed by atoms with Crippen LogP contribution in [0.4, 0.5) is 4.39 Å². The Morgan fingerprint density at radius 1 is 0.960 bits per heavy atom. The number of nitrogens with one attached hydrogen (secondary N) is 2. The number of nitrogens with zero attached hydrogens (tertiary/aromatic N) is 1. The van der Waals surface area contributed by atoms with Crippen LogP contribution < -0.4 is 10.6 Å². The van der Waals surface area contributed by atoms with Gasteiger partial charge in [-0.3, -0.25) is 14.6 Å². The van der Waals surface area contributed by atoms with Gasteiger partial charge in [0.2, 0.25) is 5.91 Å². The second-order valence-corrected chi connectivity index (χ2v) is 6.21. The smallest absolute Gasteiger partial charge is 0.251 e. The van der Waals surface area contributed by atoms with Gasteiger partial charge >= 0.3 is 0 Å². The van der Waals surface area contributed by atoms with Gasteiger partial charge in [0.05, 0.1) is 6.04 Å². The van der Waals surface area contributed by atoms with Crippen LogP contribution in [-0.4, -0.2) is 22.8 Å². The Labute approximate surface area is 146 Å². The van der Waals surface area contributed by atoms with Crippen molar-refractivity contribution in [2.75, 3.05) is 0 Å². The van der Waals surface area contributed by atoms with Crippen molar-refractivity contribution < 1.29 is 14.0 Å². The molecule has 2 N–H and O–H groups in total. The summed E-state index contributed by atoms with van der Waals surface area (Å²) in [5.41, 5.74) is 1.23. The molecule has 2 atom stereocenters. The molecule has 2 amide bonds. The highest BCUT2D eigenvalue weighted by Crippen LogP contribution is 2.12. The van der Waals surface area contributed by atoms with E-state index in [1.807, 2.05) is 32.9 Å². The standard InChI is InChI=1S/C19H22FN3O2/c1-12(2)17(23-18(24)15-4-6-16(20)7-5-15)19(25)22-13(3)14-8-10-21-11-9-14/h4-13,17H,1-3H3,(H,22,25)(H,23,24). The third kappa shape index (κ3) is 5.11. The molecule has 2 unspecified atom stereocenters. The van der Waals surface area contributed by atoms with E-state index in [9.17, 15) is 14.0 Å². The molecular weight excluding hydrogens is 321 g/mol. The van der Waals surface area contributed by atoms with Crippen molar-refractivity contribution in [3.8, 4) is 0 Å². The lowest BCUT2D eigenvalue weighted by atomic mass is 10.0. The van der Waals surface area contributed by atoms with Gasteiger partial charge in [0.25, 0.3) is 5.91 Å². The Kier molecular flexibility index (Phi) is 6.22. The Balaban J connectivity index is 2.05. The molecule has 1 heterocycles. The third-order valence-electron chi connectivity index (χ3n) is 3.91. The molecule has 0 aliphatic carbocycles. The summed E-state index contributed by atoms with van der Waals surface area (Å²) < 4.78 is 13.0. The Morgan fingerprint density at radius 2 is 1.56 bits per heavy atom. The SMILES string of the molecule is CC(NC(=O)C(NC(=O)c1ccc(F)cc1)C(C)C)c1ccncc1. The molecule has 1 aromatic carbocycles. The monoisotopic (exact) mass is 343 g/mol. The van der Waals surface area contributed by atoms with Crippen LogP contribution in [0.3, 0.4) is 0 Å². The number of benzene rings is 1. The van der Waals surface area contributed by atoms with Gasteiger partial charge in [0.1, 0.15) is 11.9 Å². The van der Waals surface area contributed by atoms with Crippen molar-refractivity contribution in [1.29, 1.82) is 0 Å². The van der Waals surface area contributed by atoms with Crippen LogP contribution >= 0.6 is 0 Å². The maximum atomic E-state index is 13.0. The number of amides is 2. The lowest BCUT2D eigenvalue weighted by molar-refractivity contribution is -0.124. The van der Waals surface area contributed by atoms with Crippen molar-refractivity contribution in [2.24, 2.45) is 5.92 Å². The zero-order chi connectivity index (χ0) is 18.4. The second kappa shape index (κ2) is 8.37. The van der Waals surface area contributed by atoms with Crippen molar-refractivity contribution >= 4 is 11.8 Å². The maximum Gasteiger partial charge on any atom is 0.251 e. The number of hydrogen-bond acceptors (Lipinski definition) is 3. The summed E-state index contributed by atoms with van der Waals surface area (Å²) in [6, 6.07) is 7.95. The molecule has 25 heavy (non-hydrogen) atoms. The number of pyridine rings is 1. The fourth-order valence-corrected chi connectivity index (χ4v) is 2.40. The fourth-order valence-electron chi connectivity index (χ4n) is 2.40. The molecule has 0 saturated heterocycles. The van der Waals surface area contributed by atoms with Gasteiger partial charge in [-0.15, -0.1) is 0 Å². The van der Waals surface area contributed by atoms with Crippen molar-refractivity contribution in [3.63, 3.8) is 0 Å². The third-order valence-corrected chi connectivity index (χ3v) is 3.91. The number of aromatic nitrogens is 1. The van der Waals surface area contributed by atoms with Crippen molar-refractivity contribution in [2.45, 2.75) is 32.9 Å². The molecule has 0 bridgehead atoms. The molecular formula is C19H22FN3O2. The average Bonchev–Trinajstić information content (AvgIpc) is 2.60. The van der Waals surface area contributed by atoms with Crippen LogP contribution in [0.1, 0.15) is 42.7 Å². The van der Waals surface area contributed by atoms with Gasteiger partial charge < -0.3 is 10.6 Å². The number of carbonyl (C=O) groups excluding carboxylic acids is 2. The molecule has 1 aromatic heterocycles. The van der Waals surface area contributed by atoms with Gasteiger partial charge in [-0.05, 0) is 54.8 Å². The number of rotatable bonds is 6. The fraction of sp³-hybridized carbons (Fsp3) is 0.316. The normalized spacial score (nSPS) is 13.2. The molecule has 0 fully saturated rings. The van der Waals surface area contributed by atoms with E-state index >= 15 is 0 Å². The van der Waals surface area contributed by atoms with E-state index in [1.165, 1.54) is 24.3 Å². The van der Waals surface area contributed by atoms with E-state index < -0.39 is 17.8 Å². The van der Waals surface area contributed by atoms with E-state index in [4.69, 9.17) is 0 Å². The molecule has 0 aliphatic rings. The van der Waals surface area contributed by atoms with Gasteiger partial charge in [-0.2, -0.15) is 0 Å². The van der Waals surface area contributed by atoms with Crippen LogP contribution in [0.25, 0.3) is 0 Å². The first kappa shape index (κ1) is 18.6. The highest BCUT2D eigenvalue weighted by atomic mass is 19.1.